The number of hydrogen-bond donors (Lipinski definition) is 0. The Hall–Kier alpha value is -2.30. The second-order valence-corrected chi connectivity index (χ2v) is 6.55. The van der Waals surface area contributed by atoms with Crippen LogP contribution < -0.4 is 0 Å². The number of rotatable bonds is 4. The molecule has 0 atom stereocenters. The number of imide groups is 1. The van der Waals surface area contributed by atoms with Gasteiger partial charge in [0, 0.05) is 5.02 Å². The summed E-state index contributed by atoms with van der Waals surface area (Å²) in [6.45, 7) is 0.185. The lowest BCUT2D eigenvalue weighted by molar-refractivity contribution is -0.123. The van der Waals surface area contributed by atoms with Crippen LogP contribution in [0.25, 0.3) is 6.08 Å². The number of allylic oxidation sites excluding steroid dienone is 2. The SMILES string of the molecule is O=C1S/C(=C/C=C\c2ccccc2)C(=O)N1Cc1ccccc1Cl. The van der Waals surface area contributed by atoms with Gasteiger partial charge in [-0.3, -0.25) is 14.5 Å². The molecule has 3 nitrogen and oxygen atoms in total. The lowest BCUT2D eigenvalue weighted by Gasteiger charge is -2.13. The first-order valence-corrected chi connectivity index (χ1v) is 8.55. The first kappa shape index (κ1) is 16.6. The molecule has 0 unspecified atom stereocenters. The Morgan fingerprint density at radius 3 is 2.46 bits per heavy atom. The van der Waals surface area contributed by atoms with E-state index in [4.69, 9.17) is 11.6 Å². The molecular formula is C19H14ClNO2S. The Morgan fingerprint density at radius 2 is 1.71 bits per heavy atom. The van der Waals surface area contributed by atoms with Crippen LogP contribution in [0, 0.1) is 0 Å². The molecule has 0 radical (unpaired) electrons. The molecule has 2 amide bonds. The van der Waals surface area contributed by atoms with Crippen LogP contribution in [0.4, 0.5) is 4.79 Å². The van der Waals surface area contributed by atoms with Gasteiger partial charge in [-0.05, 0) is 35.0 Å². The fourth-order valence-electron chi connectivity index (χ4n) is 2.26. The van der Waals surface area contributed by atoms with Crippen molar-refractivity contribution >= 4 is 40.6 Å². The molecule has 24 heavy (non-hydrogen) atoms. The van der Waals surface area contributed by atoms with Gasteiger partial charge >= 0.3 is 0 Å². The number of halogens is 1. The fraction of sp³-hybridized carbons (Fsp3) is 0.0526. The van der Waals surface area contributed by atoms with E-state index in [1.54, 1.807) is 18.2 Å². The predicted octanol–water partition coefficient (Wildman–Crippen LogP) is 5.13. The van der Waals surface area contributed by atoms with Gasteiger partial charge in [0.1, 0.15) is 0 Å². The Kier molecular flexibility index (Phi) is 5.18. The quantitative estimate of drug-likeness (QED) is 0.713. The minimum absolute atomic E-state index is 0.185. The van der Waals surface area contributed by atoms with Gasteiger partial charge in [-0.1, -0.05) is 72.3 Å². The number of carbonyl (C=O) groups excluding carboxylic acids is 2. The molecule has 1 saturated heterocycles. The second kappa shape index (κ2) is 7.51. The molecule has 120 valence electrons. The molecule has 0 aliphatic carbocycles. The first-order valence-electron chi connectivity index (χ1n) is 7.35. The third kappa shape index (κ3) is 3.78. The van der Waals surface area contributed by atoms with Crippen molar-refractivity contribution in [2.45, 2.75) is 6.54 Å². The zero-order valence-corrected chi connectivity index (χ0v) is 14.3. The molecule has 0 aromatic heterocycles. The minimum Gasteiger partial charge on any atom is -0.268 e. The van der Waals surface area contributed by atoms with E-state index in [-0.39, 0.29) is 17.7 Å². The van der Waals surface area contributed by atoms with Crippen molar-refractivity contribution in [1.29, 1.82) is 0 Å². The lowest BCUT2D eigenvalue weighted by atomic mass is 10.2. The maximum absolute atomic E-state index is 12.4. The summed E-state index contributed by atoms with van der Waals surface area (Å²) in [7, 11) is 0. The average molecular weight is 356 g/mol. The molecular weight excluding hydrogens is 342 g/mol. The van der Waals surface area contributed by atoms with Crippen molar-refractivity contribution in [3.05, 3.63) is 87.8 Å². The molecule has 5 heteroatoms. The van der Waals surface area contributed by atoms with E-state index in [1.807, 2.05) is 54.6 Å². The van der Waals surface area contributed by atoms with Crippen molar-refractivity contribution in [2.75, 3.05) is 0 Å². The van der Waals surface area contributed by atoms with E-state index in [1.165, 1.54) is 4.90 Å². The summed E-state index contributed by atoms with van der Waals surface area (Å²) < 4.78 is 0. The molecule has 1 heterocycles. The van der Waals surface area contributed by atoms with Crippen LogP contribution in [-0.4, -0.2) is 16.0 Å². The van der Waals surface area contributed by atoms with Crippen molar-refractivity contribution in [1.82, 2.24) is 4.90 Å². The molecule has 2 aromatic rings. The number of thioether (sulfide) groups is 1. The fourth-order valence-corrected chi connectivity index (χ4v) is 3.24. The standard InChI is InChI=1S/C19H14ClNO2S/c20-16-11-5-4-10-15(16)13-21-18(22)17(24-19(21)23)12-6-9-14-7-2-1-3-8-14/h1-12H,13H2/b9-6-,17-12+. The van der Waals surface area contributed by atoms with Crippen LogP contribution in [0.1, 0.15) is 11.1 Å². The Balaban J connectivity index is 1.73. The maximum atomic E-state index is 12.4. The number of carbonyl (C=O) groups is 2. The summed E-state index contributed by atoms with van der Waals surface area (Å²) in [5, 5.41) is 0.267. The molecule has 1 aliphatic rings. The highest BCUT2D eigenvalue weighted by Crippen LogP contribution is 2.32. The smallest absolute Gasteiger partial charge is 0.268 e. The number of hydrogen-bond acceptors (Lipinski definition) is 3. The van der Waals surface area contributed by atoms with Gasteiger partial charge in [0.25, 0.3) is 11.1 Å². The van der Waals surface area contributed by atoms with Crippen LogP contribution in [0.5, 0.6) is 0 Å². The summed E-state index contributed by atoms with van der Waals surface area (Å²) in [6.07, 6.45) is 5.34. The van der Waals surface area contributed by atoms with Crippen molar-refractivity contribution in [3.63, 3.8) is 0 Å². The third-order valence-electron chi connectivity index (χ3n) is 3.50. The molecule has 0 bridgehead atoms. The Morgan fingerprint density at radius 1 is 1.00 bits per heavy atom. The van der Waals surface area contributed by atoms with Crippen LogP contribution in [0.15, 0.2) is 71.7 Å². The molecule has 0 spiro atoms. The zero-order chi connectivity index (χ0) is 16.9. The molecule has 3 rings (SSSR count). The Labute approximate surface area is 149 Å². The van der Waals surface area contributed by atoms with Gasteiger partial charge in [0.2, 0.25) is 0 Å². The molecule has 1 aliphatic heterocycles. The van der Waals surface area contributed by atoms with Crippen molar-refractivity contribution in [2.24, 2.45) is 0 Å². The summed E-state index contributed by atoms with van der Waals surface area (Å²) in [4.78, 5) is 26.1. The second-order valence-electron chi connectivity index (χ2n) is 5.15. The highest BCUT2D eigenvalue weighted by atomic mass is 35.5. The topological polar surface area (TPSA) is 37.4 Å². The van der Waals surface area contributed by atoms with Gasteiger partial charge in [-0.15, -0.1) is 0 Å². The zero-order valence-electron chi connectivity index (χ0n) is 12.7. The van der Waals surface area contributed by atoms with E-state index in [0.29, 0.717) is 9.93 Å². The minimum atomic E-state index is -0.289. The van der Waals surface area contributed by atoms with Crippen molar-refractivity contribution < 1.29 is 9.59 Å². The Bertz CT molecular complexity index is 830. The summed E-state index contributed by atoms with van der Waals surface area (Å²) in [5.74, 6) is -0.289. The first-order chi connectivity index (χ1) is 11.6. The van der Waals surface area contributed by atoms with E-state index < -0.39 is 0 Å². The molecule has 1 fully saturated rings. The van der Waals surface area contributed by atoms with Crippen LogP contribution in [0.2, 0.25) is 5.02 Å². The average Bonchev–Trinajstić information content (AvgIpc) is 2.85. The molecule has 0 saturated carbocycles. The highest BCUT2D eigenvalue weighted by molar-refractivity contribution is 8.18. The van der Waals surface area contributed by atoms with Gasteiger partial charge in [-0.25, -0.2) is 0 Å². The van der Waals surface area contributed by atoms with Crippen LogP contribution in [-0.2, 0) is 11.3 Å². The summed E-state index contributed by atoms with van der Waals surface area (Å²) in [6, 6.07) is 17.0. The number of amides is 2. The van der Waals surface area contributed by atoms with Gasteiger partial charge in [0.15, 0.2) is 0 Å². The lowest BCUT2D eigenvalue weighted by Crippen LogP contribution is -2.27. The van der Waals surface area contributed by atoms with Gasteiger partial charge in [0.05, 0.1) is 11.4 Å². The maximum Gasteiger partial charge on any atom is 0.293 e. The van der Waals surface area contributed by atoms with E-state index >= 15 is 0 Å². The summed E-state index contributed by atoms with van der Waals surface area (Å²) >= 11 is 7.05. The predicted molar refractivity (Wildman–Crippen MR) is 98.5 cm³/mol. The molecule has 2 aromatic carbocycles. The van der Waals surface area contributed by atoms with Gasteiger partial charge in [-0.2, -0.15) is 0 Å². The number of nitrogens with zero attached hydrogens (tertiary/aromatic N) is 1. The van der Waals surface area contributed by atoms with E-state index in [2.05, 4.69) is 0 Å². The largest absolute Gasteiger partial charge is 0.293 e. The van der Waals surface area contributed by atoms with Crippen LogP contribution >= 0.6 is 23.4 Å². The van der Waals surface area contributed by atoms with Crippen molar-refractivity contribution in [3.8, 4) is 0 Å². The van der Waals surface area contributed by atoms with E-state index in [0.717, 1.165) is 22.9 Å². The van der Waals surface area contributed by atoms with Gasteiger partial charge < -0.3 is 0 Å². The monoisotopic (exact) mass is 355 g/mol. The third-order valence-corrected chi connectivity index (χ3v) is 4.79. The van der Waals surface area contributed by atoms with Crippen LogP contribution in [0.3, 0.4) is 0 Å². The van der Waals surface area contributed by atoms with E-state index in [9.17, 15) is 9.59 Å². The normalized spacial score (nSPS) is 16.5. The highest BCUT2D eigenvalue weighted by Gasteiger charge is 2.34. The summed E-state index contributed by atoms with van der Waals surface area (Å²) in [5.41, 5.74) is 1.78. The molecule has 0 N–H and O–H groups in total. The number of benzene rings is 2.